The summed E-state index contributed by atoms with van der Waals surface area (Å²) < 4.78 is 6.82. The first-order valence-electron chi connectivity index (χ1n) is 6.92. The van der Waals surface area contributed by atoms with E-state index in [0.29, 0.717) is 5.04 Å². The van der Waals surface area contributed by atoms with Gasteiger partial charge in [0, 0.05) is 11.1 Å². The number of rotatable bonds is 4. The van der Waals surface area contributed by atoms with Gasteiger partial charge in [-0.1, -0.05) is 18.7 Å². The van der Waals surface area contributed by atoms with Crippen LogP contribution in [0.15, 0.2) is 4.40 Å². The number of hydrogen-bond acceptors (Lipinski definition) is 5. The van der Waals surface area contributed by atoms with E-state index in [2.05, 4.69) is 49.4 Å². The summed E-state index contributed by atoms with van der Waals surface area (Å²) in [5.41, 5.74) is 0.262. The van der Waals surface area contributed by atoms with Crippen LogP contribution in [-0.4, -0.2) is 26.2 Å². The van der Waals surface area contributed by atoms with Crippen LogP contribution in [-0.2, 0) is 0 Å². The molecule has 0 aromatic heterocycles. The minimum absolute atomic E-state index is 0.131. The van der Waals surface area contributed by atoms with Crippen LogP contribution in [0.3, 0.4) is 0 Å². The Bertz CT molecular complexity index is 353. The molecule has 1 saturated heterocycles. The van der Waals surface area contributed by atoms with E-state index in [1.54, 1.807) is 11.8 Å². The largest absolute Gasteiger partial charge is 0.220 e. The van der Waals surface area contributed by atoms with Crippen LogP contribution in [0.1, 0.15) is 60.3 Å². The maximum Gasteiger partial charge on any atom is 0.183 e. The van der Waals surface area contributed by atoms with Crippen molar-refractivity contribution in [2.45, 2.75) is 71.4 Å². The van der Waals surface area contributed by atoms with Crippen molar-refractivity contribution in [3.63, 3.8) is 0 Å². The van der Waals surface area contributed by atoms with Crippen molar-refractivity contribution in [3.05, 3.63) is 0 Å². The molecule has 0 N–H and O–H groups in total. The fraction of sp³-hybridized carbons (Fsp3) is 0.857. The predicted molar refractivity (Wildman–Crippen MR) is 87.2 cm³/mol. The van der Waals surface area contributed by atoms with Gasteiger partial charge in [0.25, 0.3) is 0 Å². The Balaban J connectivity index is 2.77. The number of thioether (sulfide) groups is 1. The second-order valence-electron chi connectivity index (χ2n) is 6.21. The molecule has 0 spiro atoms. The second kappa shape index (κ2) is 7.01. The highest BCUT2D eigenvalue weighted by Crippen LogP contribution is 2.43. The standard InChI is InChI=1S/C14H25N3S2/c1-6-10-18-12(11-15)16-19-17-13(2,3)8-7-9-14(17,4)5/h6-10H2,1-5H3/b16-12+. The normalized spacial score (nSPS) is 23.1. The molecule has 1 aliphatic rings. The molecule has 19 heavy (non-hydrogen) atoms. The summed E-state index contributed by atoms with van der Waals surface area (Å²) in [5, 5.41) is 9.70. The molecule has 1 fully saturated rings. The first kappa shape index (κ1) is 16.9. The summed E-state index contributed by atoms with van der Waals surface area (Å²) in [6.45, 7) is 11.2. The van der Waals surface area contributed by atoms with E-state index in [4.69, 9.17) is 5.26 Å². The lowest BCUT2D eigenvalue weighted by molar-refractivity contribution is 0.0678. The summed E-state index contributed by atoms with van der Waals surface area (Å²) in [4.78, 5) is 0. The second-order valence-corrected chi connectivity index (χ2v) is 8.01. The van der Waals surface area contributed by atoms with Crippen LogP contribution in [0, 0.1) is 11.3 Å². The molecule has 0 atom stereocenters. The van der Waals surface area contributed by atoms with Crippen LogP contribution < -0.4 is 0 Å². The van der Waals surface area contributed by atoms with Gasteiger partial charge in [-0.05, 0) is 59.1 Å². The third-order valence-corrected chi connectivity index (χ3v) is 6.02. The minimum Gasteiger partial charge on any atom is -0.220 e. The van der Waals surface area contributed by atoms with Crippen molar-refractivity contribution in [3.8, 4) is 6.07 Å². The molecule has 0 aliphatic carbocycles. The van der Waals surface area contributed by atoms with Gasteiger partial charge in [0.2, 0.25) is 0 Å². The molecule has 1 heterocycles. The average Bonchev–Trinajstić information content (AvgIpc) is 2.31. The Morgan fingerprint density at radius 1 is 1.26 bits per heavy atom. The van der Waals surface area contributed by atoms with E-state index in [0.717, 1.165) is 12.2 Å². The molecule has 0 aromatic carbocycles. The van der Waals surface area contributed by atoms with Crippen molar-refractivity contribution in [1.29, 1.82) is 5.26 Å². The topological polar surface area (TPSA) is 39.4 Å². The van der Waals surface area contributed by atoms with Gasteiger partial charge in [0.05, 0.1) is 12.1 Å². The van der Waals surface area contributed by atoms with Gasteiger partial charge in [0.1, 0.15) is 6.07 Å². The van der Waals surface area contributed by atoms with E-state index < -0.39 is 0 Å². The van der Waals surface area contributed by atoms with Crippen molar-refractivity contribution in [2.75, 3.05) is 5.75 Å². The number of hydrogen-bond donors (Lipinski definition) is 0. The van der Waals surface area contributed by atoms with Gasteiger partial charge in [-0.25, -0.2) is 4.31 Å². The zero-order valence-corrected chi connectivity index (χ0v) is 14.3. The molecule has 3 nitrogen and oxygen atoms in total. The van der Waals surface area contributed by atoms with Crippen molar-refractivity contribution >= 4 is 28.9 Å². The molecule has 1 rings (SSSR count). The summed E-state index contributed by atoms with van der Waals surface area (Å²) >= 11 is 3.02. The van der Waals surface area contributed by atoms with E-state index in [-0.39, 0.29) is 11.1 Å². The summed E-state index contributed by atoms with van der Waals surface area (Å²) in [5.74, 6) is 0.958. The maximum atomic E-state index is 9.11. The molecular formula is C14H25N3S2. The molecule has 0 radical (unpaired) electrons. The Hall–Kier alpha value is -0.180. The Labute approximate surface area is 126 Å². The van der Waals surface area contributed by atoms with E-state index >= 15 is 0 Å². The lowest BCUT2D eigenvalue weighted by atomic mass is 9.83. The highest BCUT2D eigenvalue weighted by molar-refractivity contribution is 8.15. The van der Waals surface area contributed by atoms with Crippen LogP contribution >= 0.6 is 23.9 Å². The van der Waals surface area contributed by atoms with Gasteiger partial charge in [-0.15, -0.1) is 0 Å². The zero-order valence-electron chi connectivity index (χ0n) is 12.7. The lowest BCUT2D eigenvalue weighted by Crippen LogP contribution is -2.54. The molecular weight excluding hydrogens is 274 g/mol. The summed E-state index contributed by atoms with van der Waals surface area (Å²) in [7, 11) is 0. The lowest BCUT2D eigenvalue weighted by Gasteiger charge is -2.50. The van der Waals surface area contributed by atoms with Gasteiger partial charge < -0.3 is 0 Å². The highest BCUT2D eigenvalue weighted by atomic mass is 32.2. The van der Waals surface area contributed by atoms with Gasteiger partial charge >= 0.3 is 0 Å². The van der Waals surface area contributed by atoms with Gasteiger partial charge in [-0.2, -0.15) is 9.66 Å². The van der Waals surface area contributed by atoms with E-state index in [1.165, 1.54) is 31.4 Å². The molecule has 0 unspecified atom stereocenters. The molecule has 1 aliphatic heterocycles. The molecule has 0 bridgehead atoms. The fourth-order valence-corrected chi connectivity index (χ4v) is 4.15. The van der Waals surface area contributed by atoms with Crippen LogP contribution in [0.5, 0.6) is 0 Å². The third kappa shape index (κ3) is 4.70. The molecule has 0 amide bonds. The number of piperidine rings is 1. The zero-order chi connectivity index (χ0) is 14.5. The van der Waals surface area contributed by atoms with E-state index in [1.807, 2.05) is 0 Å². The van der Waals surface area contributed by atoms with Crippen molar-refractivity contribution in [2.24, 2.45) is 4.40 Å². The summed E-state index contributed by atoms with van der Waals surface area (Å²) in [6, 6.07) is 2.20. The predicted octanol–water partition coefficient (Wildman–Crippen LogP) is 4.66. The third-order valence-electron chi connectivity index (χ3n) is 3.42. The minimum atomic E-state index is 0.131. The van der Waals surface area contributed by atoms with E-state index in [9.17, 15) is 0 Å². The maximum absolute atomic E-state index is 9.11. The van der Waals surface area contributed by atoms with Crippen LogP contribution in [0.2, 0.25) is 0 Å². The first-order chi connectivity index (χ1) is 8.83. The number of nitriles is 1. The Morgan fingerprint density at radius 3 is 2.32 bits per heavy atom. The number of nitrogens with zero attached hydrogens (tertiary/aromatic N) is 3. The molecule has 108 valence electrons. The molecule has 0 saturated carbocycles. The first-order valence-corrected chi connectivity index (χ1v) is 8.63. The average molecular weight is 300 g/mol. The molecule has 0 aromatic rings. The molecule has 5 heteroatoms. The fourth-order valence-electron chi connectivity index (χ4n) is 2.55. The smallest absolute Gasteiger partial charge is 0.183 e. The van der Waals surface area contributed by atoms with Gasteiger partial charge in [0.15, 0.2) is 5.04 Å². The summed E-state index contributed by atoms with van der Waals surface area (Å²) in [6.07, 6.45) is 4.69. The van der Waals surface area contributed by atoms with Crippen molar-refractivity contribution in [1.82, 2.24) is 4.31 Å². The van der Waals surface area contributed by atoms with Crippen LogP contribution in [0.4, 0.5) is 0 Å². The van der Waals surface area contributed by atoms with Crippen LogP contribution in [0.25, 0.3) is 0 Å². The Kier molecular flexibility index (Phi) is 6.22. The SMILES string of the molecule is CCCS/C(C#N)=N/SN1C(C)(C)CCCC1(C)C. The highest BCUT2D eigenvalue weighted by Gasteiger charge is 2.42. The van der Waals surface area contributed by atoms with Crippen molar-refractivity contribution < 1.29 is 0 Å². The quantitative estimate of drug-likeness (QED) is 0.430. The Morgan fingerprint density at radius 2 is 1.84 bits per heavy atom. The van der Waals surface area contributed by atoms with Gasteiger partial charge in [-0.3, -0.25) is 0 Å². The monoisotopic (exact) mass is 299 g/mol.